The largest absolute Gasteiger partial charge is 0.379 e. The summed E-state index contributed by atoms with van der Waals surface area (Å²) in [6, 6.07) is -0.366. The minimum absolute atomic E-state index is 0.000965. The average molecular weight is 284 g/mol. The number of ether oxygens (including phenoxy) is 1. The van der Waals surface area contributed by atoms with Crippen LogP contribution in [-0.2, 0) is 14.3 Å². The van der Waals surface area contributed by atoms with E-state index in [4.69, 9.17) is 4.74 Å². The van der Waals surface area contributed by atoms with E-state index in [0.29, 0.717) is 25.4 Å². The number of nitrogens with one attached hydrogen (secondary N) is 1. The maximum absolute atomic E-state index is 12.4. The van der Waals surface area contributed by atoms with Crippen LogP contribution in [0.2, 0.25) is 0 Å². The van der Waals surface area contributed by atoms with Gasteiger partial charge in [0, 0.05) is 26.6 Å². The lowest BCUT2D eigenvalue weighted by atomic mass is 10.0. The molecule has 0 bridgehead atoms. The molecule has 1 saturated heterocycles. The van der Waals surface area contributed by atoms with Gasteiger partial charge in [-0.05, 0) is 18.3 Å². The van der Waals surface area contributed by atoms with E-state index in [1.165, 1.54) is 0 Å². The number of methoxy groups -OCH3 is 1. The SMILES string of the molecule is CO[C@@H](CNC(=O)[C@@H](C(C)C)N1CCCC1=O)C(C)C. The third-order valence-electron chi connectivity index (χ3n) is 3.87. The quantitative estimate of drug-likeness (QED) is 0.769. The fourth-order valence-electron chi connectivity index (χ4n) is 2.66. The highest BCUT2D eigenvalue weighted by Crippen LogP contribution is 2.19. The molecule has 2 atom stereocenters. The lowest BCUT2D eigenvalue weighted by Crippen LogP contribution is -2.52. The summed E-state index contributed by atoms with van der Waals surface area (Å²) in [5, 5.41) is 2.94. The lowest BCUT2D eigenvalue weighted by molar-refractivity contribution is -0.139. The van der Waals surface area contributed by atoms with Crippen LogP contribution in [0, 0.1) is 11.8 Å². The van der Waals surface area contributed by atoms with Crippen LogP contribution >= 0.6 is 0 Å². The van der Waals surface area contributed by atoms with Crippen LogP contribution < -0.4 is 5.32 Å². The molecule has 0 aromatic rings. The molecule has 0 unspecified atom stereocenters. The number of likely N-dealkylation sites (tertiary alicyclic amines) is 1. The van der Waals surface area contributed by atoms with Crippen molar-refractivity contribution in [3.05, 3.63) is 0 Å². The van der Waals surface area contributed by atoms with Crippen molar-refractivity contribution in [1.82, 2.24) is 10.2 Å². The Balaban J connectivity index is 2.63. The molecule has 1 N–H and O–H groups in total. The monoisotopic (exact) mass is 284 g/mol. The first kappa shape index (κ1) is 17.0. The molecule has 0 aromatic heterocycles. The van der Waals surface area contributed by atoms with E-state index >= 15 is 0 Å². The summed E-state index contributed by atoms with van der Waals surface area (Å²) in [5.41, 5.74) is 0. The molecule has 0 radical (unpaired) electrons. The highest BCUT2D eigenvalue weighted by Gasteiger charge is 2.35. The zero-order valence-corrected chi connectivity index (χ0v) is 13.3. The minimum Gasteiger partial charge on any atom is -0.379 e. The highest BCUT2D eigenvalue weighted by atomic mass is 16.5. The lowest BCUT2D eigenvalue weighted by Gasteiger charge is -2.30. The van der Waals surface area contributed by atoms with E-state index in [9.17, 15) is 9.59 Å². The first-order valence-electron chi connectivity index (χ1n) is 7.48. The summed E-state index contributed by atoms with van der Waals surface area (Å²) in [4.78, 5) is 26.0. The molecule has 1 rings (SSSR count). The molecule has 2 amide bonds. The summed E-state index contributed by atoms with van der Waals surface area (Å²) >= 11 is 0. The second-order valence-corrected chi connectivity index (χ2v) is 6.14. The van der Waals surface area contributed by atoms with Crippen LogP contribution in [0.25, 0.3) is 0 Å². The van der Waals surface area contributed by atoms with Crippen LogP contribution in [0.1, 0.15) is 40.5 Å². The number of rotatable bonds is 7. The van der Waals surface area contributed by atoms with Gasteiger partial charge in [-0.2, -0.15) is 0 Å². The number of hydrogen-bond donors (Lipinski definition) is 1. The topological polar surface area (TPSA) is 58.6 Å². The summed E-state index contributed by atoms with van der Waals surface area (Å²) in [7, 11) is 1.65. The molecular formula is C15H28N2O3. The summed E-state index contributed by atoms with van der Waals surface area (Å²) in [6.07, 6.45) is 1.41. The molecule has 1 aliphatic heterocycles. The number of carbonyl (C=O) groups is 2. The Morgan fingerprint density at radius 2 is 1.95 bits per heavy atom. The predicted octanol–water partition coefficient (Wildman–Crippen LogP) is 1.42. The van der Waals surface area contributed by atoms with Crippen LogP contribution in [0.4, 0.5) is 0 Å². The Kier molecular flexibility index (Phi) is 6.46. The molecule has 20 heavy (non-hydrogen) atoms. The van der Waals surface area contributed by atoms with Gasteiger partial charge < -0.3 is 15.0 Å². The Labute approximate surface area is 122 Å². The van der Waals surface area contributed by atoms with Crippen molar-refractivity contribution in [2.45, 2.75) is 52.7 Å². The van der Waals surface area contributed by atoms with Gasteiger partial charge in [0.1, 0.15) is 6.04 Å². The molecule has 0 aromatic carbocycles. The maximum Gasteiger partial charge on any atom is 0.243 e. The smallest absolute Gasteiger partial charge is 0.243 e. The van der Waals surface area contributed by atoms with Gasteiger partial charge in [-0.3, -0.25) is 9.59 Å². The van der Waals surface area contributed by atoms with Crippen LogP contribution in [-0.4, -0.2) is 49.1 Å². The third-order valence-corrected chi connectivity index (χ3v) is 3.87. The van der Waals surface area contributed by atoms with Crippen LogP contribution in [0.5, 0.6) is 0 Å². The van der Waals surface area contributed by atoms with Gasteiger partial charge in [0.15, 0.2) is 0 Å². The highest BCUT2D eigenvalue weighted by molar-refractivity contribution is 5.88. The van der Waals surface area contributed by atoms with Crippen LogP contribution in [0.15, 0.2) is 0 Å². The van der Waals surface area contributed by atoms with Crippen molar-refractivity contribution in [2.75, 3.05) is 20.2 Å². The molecule has 116 valence electrons. The summed E-state index contributed by atoms with van der Waals surface area (Å²) in [5.74, 6) is 0.465. The van der Waals surface area contributed by atoms with Gasteiger partial charge in [0.25, 0.3) is 0 Å². The van der Waals surface area contributed by atoms with Crippen molar-refractivity contribution >= 4 is 11.8 Å². The van der Waals surface area contributed by atoms with E-state index in [-0.39, 0.29) is 29.9 Å². The first-order valence-corrected chi connectivity index (χ1v) is 7.48. The molecule has 1 aliphatic rings. The average Bonchev–Trinajstić information content (AvgIpc) is 2.76. The minimum atomic E-state index is -0.366. The Hall–Kier alpha value is -1.10. The van der Waals surface area contributed by atoms with Gasteiger partial charge in [-0.25, -0.2) is 0 Å². The van der Waals surface area contributed by atoms with Crippen molar-refractivity contribution in [2.24, 2.45) is 11.8 Å². The Morgan fingerprint density at radius 3 is 2.35 bits per heavy atom. The van der Waals surface area contributed by atoms with E-state index < -0.39 is 0 Å². The predicted molar refractivity (Wildman–Crippen MR) is 78.2 cm³/mol. The zero-order chi connectivity index (χ0) is 15.3. The molecule has 1 heterocycles. The van der Waals surface area contributed by atoms with Gasteiger partial charge in [-0.1, -0.05) is 27.7 Å². The molecule has 0 saturated carbocycles. The molecule has 0 spiro atoms. The molecule has 5 nitrogen and oxygen atoms in total. The van der Waals surface area contributed by atoms with Gasteiger partial charge in [-0.15, -0.1) is 0 Å². The fraction of sp³-hybridized carbons (Fsp3) is 0.867. The van der Waals surface area contributed by atoms with E-state index in [1.807, 2.05) is 13.8 Å². The number of amides is 2. The van der Waals surface area contributed by atoms with Gasteiger partial charge in [0.2, 0.25) is 11.8 Å². The van der Waals surface area contributed by atoms with Crippen molar-refractivity contribution in [3.63, 3.8) is 0 Å². The first-order chi connectivity index (χ1) is 9.38. The van der Waals surface area contributed by atoms with Gasteiger partial charge in [0.05, 0.1) is 6.10 Å². The van der Waals surface area contributed by atoms with Crippen molar-refractivity contribution in [3.8, 4) is 0 Å². The van der Waals surface area contributed by atoms with E-state index in [0.717, 1.165) is 6.42 Å². The Morgan fingerprint density at radius 1 is 1.30 bits per heavy atom. The molecular weight excluding hydrogens is 256 g/mol. The fourth-order valence-corrected chi connectivity index (χ4v) is 2.66. The van der Waals surface area contributed by atoms with Crippen molar-refractivity contribution < 1.29 is 14.3 Å². The molecule has 1 fully saturated rings. The van der Waals surface area contributed by atoms with E-state index in [2.05, 4.69) is 19.2 Å². The maximum atomic E-state index is 12.4. The summed E-state index contributed by atoms with van der Waals surface area (Å²) < 4.78 is 5.35. The van der Waals surface area contributed by atoms with Gasteiger partial charge >= 0.3 is 0 Å². The third kappa shape index (κ3) is 4.20. The van der Waals surface area contributed by atoms with Crippen LogP contribution in [0.3, 0.4) is 0 Å². The zero-order valence-electron chi connectivity index (χ0n) is 13.3. The normalized spacial score (nSPS) is 18.8. The molecule has 0 aliphatic carbocycles. The van der Waals surface area contributed by atoms with Crippen molar-refractivity contribution in [1.29, 1.82) is 0 Å². The molecule has 5 heteroatoms. The number of hydrogen-bond acceptors (Lipinski definition) is 3. The number of carbonyl (C=O) groups excluding carboxylic acids is 2. The summed E-state index contributed by atoms with van der Waals surface area (Å²) in [6.45, 7) is 9.25. The van der Waals surface area contributed by atoms with E-state index in [1.54, 1.807) is 12.0 Å². The second kappa shape index (κ2) is 7.62. The Bertz CT molecular complexity index is 342. The standard InChI is InChI=1S/C15H28N2O3/c1-10(2)12(20-5)9-16-15(19)14(11(3)4)17-8-6-7-13(17)18/h10-12,14H,6-9H2,1-5H3,(H,16,19)/t12-,14+/m0/s1. The number of nitrogens with zero attached hydrogens (tertiary/aromatic N) is 1. The second-order valence-electron chi connectivity index (χ2n) is 6.14.